The Balaban J connectivity index is 0.000000502. The van der Waals surface area contributed by atoms with E-state index in [1.165, 1.54) is 20.4 Å². The maximum absolute atomic E-state index is 12.6. The van der Waals surface area contributed by atoms with Crippen molar-refractivity contribution in [2.24, 2.45) is 11.5 Å². The van der Waals surface area contributed by atoms with Crippen LogP contribution in [-0.2, 0) is 28.7 Å². The summed E-state index contributed by atoms with van der Waals surface area (Å²) in [4.78, 5) is 57.8. The van der Waals surface area contributed by atoms with Gasteiger partial charge in [-0.25, -0.2) is 0 Å². The molecule has 2 rings (SSSR count). The Labute approximate surface area is 296 Å². The van der Waals surface area contributed by atoms with Crippen molar-refractivity contribution in [2.45, 2.75) is 103 Å². The molecule has 14 heteroatoms. The Morgan fingerprint density at radius 1 is 0.740 bits per heavy atom. The third-order valence-electron chi connectivity index (χ3n) is 7.85. The van der Waals surface area contributed by atoms with Crippen molar-refractivity contribution in [3.63, 3.8) is 0 Å². The number of hydrogen-bond acceptors (Lipinski definition) is 12. The first-order chi connectivity index (χ1) is 23.6. The number of ether oxygens (including phenoxy) is 4. The van der Waals surface area contributed by atoms with E-state index >= 15 is 0 Å². The largest absolute Gasteiger partial charge is 0.486 e. The molecule has 0 saturated heterocycles. The average molecular weight is 703 g/mol. The van der Waals surface area contributed by atoms with Crippen molar-refractivity contribution in [2.75, 3.05) is 40.5 Å². The molecular formula is C36H58N6O8. The second-order valence-corrected chi connectivity index (χ2v) is 12.8. The first-order valence-corrected chi connectivity index (χ1v) is 16.9. The summed E-state index contributed by atoms with van der Waals surface area (Å²) >= 11 is 0. The molecule has 0 aliphatic rings. The van der Waals surface area contributed by atoms with E-state index in [0.717, 1.165) is 37.1 Å². The van der Waals surface area contributed by atoms with Crippen molar-refractivity contribution < 1.29 is 38.1 Å². The van der Waals surface area contributed by atoms with Gasteiger partial charge >= 0.3 is 0 Å². The monoisotopic (exact) mass is 702 g/mol. The number of rotatable bonds is 22. The summed E-state index contributed by atoms with van der Waals surface area (Å²) in [7, 11) is 2.92. The van der Waals surface area contributed by atoms with Gasteiger partial charge in [0.05, 0.1) is 18.3 Å². The van der Waals surface area contributed by atoms with Crippen LogP contribution in [0.15, 0.2) is 36.7 Å². The lowest BCUT2D eigenvalue weighted by Gasteiger charge is -2.25. The number of amides is 2. The lowest BCUT2D eigenvalue weighted by Crippen LogP contribution is -2.51. The van der Waals surface area contributed by atoms with Gasteiger partial charge in [0, 0.05) is 43.9 Å². The predicted octanol–water partition coefficient (Wildman–Crippen LogP) is 2.75. The molecule has 0 spiro atoms. The number of pyridine rings is 2. The van der Waals surface area contributed by atoms with Crippen LogP contribution in [0.5, 0.6) is 11.5 Å². The summed E-state index contributed by atoms with van der Waals surface area (Å²) in [5.74, 6) is 0.0485. The molecular weight excluding hydrogens is 644 g/mol. The van der Waals surface area contributed by atoms with Gasteiger partial charge in [0.15, 0.2) is 11.6 Å². The van der Waals surface area contributed by atoms with E-state index in [4.69, 9.17) is 30.4 Å². The molecule has 0 aliphatic carbocycles. The molecule has 2 unspecified atom stereocenters. The van der Waals surface area contributed by atoms with Gasteiger partial charge in [0.1, 0.15) is 35.9 Å². The van der Waals surface area contributed by atoms with E-state index < -0.39 is 23.3 Å². The van der Waals surface area contributed by atoms with Gasteiger partial charge in [-0.05, 0) is 105 Å². The number of aromatic nitrogens is 2. The Morgan fingerprint density at radius 3 is 1.56 bits per heavy atom. The molecule has 280 valence electrons. The molecule has 2 heterocycles. The van der Waals surface area contributed by atoms with Crippen molar-refractivity contribution in [3.05, 3.63) is 48.0 Å². The van der Waals surface area contributed by atoms with E-state index in [1.54, 1.807) is 58.2 Å². The number of ketones is 2. The molecule has 2 atom stereocenters. The lowest BCUT2D eigenvalue weighted by molar-refractivity contribution is -0.142. The molecule has 0 fully saturated rings. The Hall–Kier alpha value is -3.98. The minimum atomic E-state index is -1.01. The lowest BCUT2D eigenvalue weighted by atomic mass is 10.0. The van der Waals surface area contributed by atoms with E-state index in [1.807, 2.05) is 13.8 Å². The number of nitrogens with one attached hydrogen (secondary N) is 2. The number of nitrogens with zero attached hydrogens (tertiary/aromatic N) is 2. The van der Waals surface area contributed by atoms with Gasteiger partial charge in [-0.1, -0.05) is 0 Å². The minimum Gasteiger partial charge on any atom is -0.486 e. The van der Waals surface area contributed by atoms with Gasteiger partial charge in [0.2, 0.25) is 0 Å². The molecule has 0 bridgehead atoms. The fraction of sp³-hybridized carbons (Fsp3) is 0.611. The number of aryl methyl sites for hydroxylation is 2. The van der Waals surface area contributed by atoms with E-state index in [2.05, 4.69) is 20.6 Å². The summed E-state index contributed by atoms with van der Waals surface area (Å²) in [5.41, 5.74) is 10.6. The smallest absolute Gasteiger partial charge is 0.252 e. The second-order valence-electron chi connectivity index (χ2n) is 12.8. The molecule has 14 nitrogen and oxygen atoms in total. The van der Waals surface area contributed by atoms with Gasteiger partial charge in [-0.2, -0.15) is 0 Å². The Bertz CT molecular complexity index is 1320. The first kappa shape index (κ1) is 44.0. The summed E-state index contributed by atoms with van der Waals surface area (Å²) in [6.07, 6.45) is 7.24. The average Bonchev–Trinajstić information content (AvgIpc) is 3.08. The fourth-order valence-electron chi connectivity index (χ4n) is 4.28. The molecule has 2 aromatic rings. The molecule has 6 N–H and O–H groups in total. The van der Waals surface area contributed by atoms with Gasteiger partial charge in [-0.15, -0.1) is 0 Å². The van der Waals surface area contributed by atoms with Crippen molar-refractivity contribution in [3.8, 4) is 11.5 Å². The fourth-order valence-corrected chi connectivity index (χ4v) is 4.28. The summed E-state index contributed by atoms with van der Waals surface area (Å²) < 4.78 is 21.4. The number of methoxy groups -OCH3 is 2. The molecule has 50 heavy (non-hydrogen) atoms. The van der Waals surface area contributed by atoms with Crippen molar-refractivity contribution >= 4 is 23.4 Å². The highest BCUT2D eigenvalue weighted by molar-refractivity contribution is 5.93. The third-order valence-corrected chi connectivity index (χ3v) is 7.85. The van der Waals surface area contributed by atoms with Crippen LogP contribution >= 0.6 is 0 Å². The quantitative estimate of drug-likeness (QED) is 0.131. The zero-order chi connectivity index (χ0) is 37.7. The highest BCUT2D eigenvalue weighted by atomic mass is 16.5. The molecule has 2 aromatic heterocycles. The standard InChI is InChI=1S/C19H31N3O4.C17H27N3O4/c1-13-10-15(11-14(2)21-13)26-12-17(23)16(8-6-7-9-20)22-18(24)19(3,4)25-5;1-17(2,23-3)16(22)20-14(8-4-5-9-18)15(21)12-24-13-7-6-10-19-11-13/h10-11,16H,6-9,12,20H2,1-5H3,(H,22,24);6-7,10-11,14H,4-5,8-9,12,18H2,1-3H3,(H,20,22). The normalized spacial score (nSPS) is 12.5. The molecule has 0 aliphatic heterocycles. The summed E-state index contributed by atoms with van der Waals surface area (Å²) in [5, 5.41) is 5.53. The topological polar surface area (TPSA) is 207 Å². The number of Topliss-reactive ketones (excluding diaryl/α,β-unsaturated/α-hetero) is 2. The number of unbranched alkanes of at least 4 members (excludes halogenated alkanes) is 2. The SMILES string of the molecule is COC(C)(C)C(=O)NC(CCCCN)C(=O)COc1cc(C)nc(C)c1.COC(C)(C)C(=O)NC(CCCCN)C(=O)COc1cccnc1. The summed E-state index contributed by atoms with van der Waals surface area (Å²) in [6, 6.07) is 5.73. The second kappa shape index (κ2) is 22.7. The third kappa shape index (κ3) is 16.6. The van der Waals surface area contributed by atoms with Crippen LogP contribution in [0.2, 0.25) is 0 Å². The van der Waals surface area contributed by atoms with E-state index in [-0.39, 0.29) is 36.6 Å². The van der Waals surface area contributed by atoms with Crippen molar-refractivity contribution in [1.82, 2.24) is 20.6 Å². The first-order valence-electron chi connectivity index (χ1n) is 16.9. The summed E-state index contributed by atoms with van der Waals surface area (Å²) in [6.45, 7) is 11.2. The van der Waals surface area contributed by atoms with Crippen molar-refractivity contribution in [1.29, 1.82) is 0 Å². The number of carbonyl (C=O) groups is 4. The molecule has 0 aromatic carbocycles. The molecule has 0 saturated carbocycles. The van der Waals surface area contributed by atoms with Crippen LogP contribution < -0.4 is 31.6 Å². The van der Waals surface area contributed by atoms with Gasteiger partial charge < -0.3 is 41.0 Å². The van der Waals surface area contributed by atoms with Gasteiger partial charge in [0.25, 0.3) is 11.8 Å². The molecule has 2 amide bonds. The number of nitrogens with two attached hydrogens (primary N) is 2. The highest BCUT2D eigenvalue weighted by Crippen LogP contribution is 2.15. The maximum Gasteiger partial charge on any atom is 0.252 e. The van der Waals surface area contributed by atoms with Crippen LogP contribution in [0.3, 0.4) is 0 Å². The predicted molar refractivity (Wildman–Crippen MR) is 191 cm³/mol. The van der Waals surface area contributed by atoms with Crippen LogP contribution in [0, 0.1) is 13.8 Å². The van der Waals surface area contributed by atoms with Crippen LogP contribution in [0.1, 0.15) is 77.6 Å². The Morgan fingerprint density at radius 2 is 1.18 bits per heavy atom. The minimum absolute atomic E-state index is 0.121. The van der Waals surface area contributed by atoms with Gasteiger partial charge in [-0.3, -0.25) is 29.1 Å². The maximum atomic E-state index is 12.6. The van der Waals surface area contributed by atoms with E-state index in [9.17, 15) is 19.2 Å². The van der Waals surface area contributed by atoms with Crippen LogP contribution in [-0.4, -0.2) is 97.2 Å². The number of hydrogen-bond donors (Lipinski definition) is 4. The zero-order valence-corrected chi connectivity index (χ0v) is 31.0. The zero-order valence-electron chi connectivity index (χ0n) is 31.0. The van der Waals surface area contributed by atoms with Crippen LogP contribution in [0.4, 0.5) is 0 Å². The highest BCUT2D eigenvalue weighted by Gasteiger charge is 2.32. The number of carbonyl (C=O) groups excluding carboxylic acids is 4. The Kier molecular flexibility index (Phi) is 20.0. The van der Waals surface area contributed by atoms with Crippen LogP contribution in [0.25, 0.3) is 0 Å². The van der Waals surface area contributed by atoms with E-state index in [0.29, 0.717) is 37.4 Å². The molecule has 0 radical (unpaired) electrons.